The Hall–Kier alpha value is -1.60. The molecule has 2 rings (SSSR count). The zero-order chi connectivity index (χ0) is 17.0. The van der Waals surface area contributed by atoms with E-state index < -0.39 is 6.04 Å². The number of thioether (sulfide) groups is 1. The van der Waals surface area contributed by atoms with Gasteiger partial charge in [0.05, 0.1) is 14.2 Å². The number of nitrogens with zero attached hydrogens (tertiary/aromatic N) is 1. The van der Waals surface area contributed by atoms with Crippen molar-refractivity contribution in [1.29, 1.82) is 0 Å². The number of nitrogens with one attached hydrogen (secondary N) is 1. The third-order valence-electron chi connectivity index (χ3n) is 4.09. The third kappa shape index (κ3) is 4.23. The number of quaternary nitrogens is 1. The van der Waals surface area contributed by atoms with Crippen LogP contribution in [0.25, 0.3) is 0 Å². The maximum atomic E-state index is 13.1. The van der Waals surface area contributed by atoms with Crippen molar-refractivity contribution in [3.05, 3.63) is 35.6 Å². The highest BCUT2D eigenvalue weighted by atomic mass is 32.2. The highest BCUT2D eigenvalue weighted by Crippen LogP contribution is 2.37. The Morgan fingerprint density at radius 2 is 2.09 bits per heavy atom. The van der Waals surface area contributed by atoms with Gasteiger partial charge in [0.2, 0.25) is 0 Å². The molecule has 3 atom stereocenters. The van der Waals surface area contributed by atoms with Gasteiger partial charge in [-0.3, -0.25) is 4.79 Å². The summed E-state index contributed by atoms with van der Waals surface area (Å²) in [6.07, 6.45) is 0. The number of rotatable bonds is 5. The van der Waals surface area contributed by atoms with E-state index in [1.165, 1.54) is 19.2 Å². The van der Waals surface area contributed by atoms with Gasteiger partial charge < -0.3 is 14.5 Å². The molecule has 1 N–H and O–H groups in total. The van der Waals surface area contributed by atoms with E-state index in [0.717, 1.165) is 16.2 Å². The van der Waals surface area contributed by atoms with Gasteiger partial charge in [-0.2, -0.15) is 0 Å². The fourth-order valence-electron chi connectivity index (χ4n) is 2.50. The van der Waals surface area contributed by atoms with Gasteiger partial charge in [-0.25, -0.2) is 9.18 Å². The van der Waals surface area contributed by atoms with Gasteiger partial charge in [-0.1, -0.05) is 12.1 Å². The lowest BCUT2D eigenvalue weighted by molar-refractivity contribution is -0.887. The maximum Gasteiger partial charge on any atom is 0.364 e. The molecule has 126 valence electrons. The van der Waals surface area contributed by atoms with Crippen LogP contribution in [0.2, 0.25) is 0 Å². The molecule has 1 fully saturated rings. The molecular formula is C16H22FN2O3S+. The number of halogens is 1. The summed E-state index contributed by atoms with van der Waals surface area (Å²) >= 11 is 1.67. The lowest BCUT2D eigenvalue weighted by atomic mass is 10.2. The molecule has 0 spiro atoms. The minimum atomic E-state index is -0.400. The number of esters is 1. The van der Waals surface area contributed by atoms with E-state index in [1.807, 2.05) is 0 Å². The highest BCUT2D eigenvalue weighted by Gasteiger charge is 2.33. The normalized spacial score (nSPS) is 20.2. The molecule has 1 saturated heterocycles. The smallest absolute Gasteiger partial charge is 0.364 e. The van der Waals surface area contributed by atoms with Crippen LogP contribution in [0, 0.1) is 5.82 Å². The Balaban J connectivity index is 2.03. The summed E-state index contributed by atoms with van der Waals surface area (Å²) in [5.41, 5.74) is 0.918. The van der Waals surface area contributed by atoms with Crippen molar-refractivity contribution in [2.45, 2.75) is 18.3 Å². The van der Waals surface area contributed by atoms with Crippen LogP contribution in [0.5, 0.6) is 0 Å². The van der Waals surface area contributed by atoms with Crippen LogP contribution in [-0.4, -0.2) is 55.8 Å². The van der Waals surface area contributed by atoms with Crippen LogP contribution in [-0.2, 0) is 14.3 Å². The minimum Gasteiger partial charge on any atom is -0.465 e. The highest BCUT2D eigenvalue weighted by molar-refractivity contribution is 7.99. The number of methoxy groups -OCH3 is 1. The fourth-order valence-corrected chi connectivity index (χ4v) is 3.78. The second kappa shape index (κ2) is 7.79. The van der Waals surface area contributed by atoms with Gasteiger partial charge in [-0.05, 0) is 24.6 Å². The van der Waals surface area contributed by atoms with Gasteiger partial charge in [-0.15, -0.1) is 11.8 Å². The molecule has 1 heterocycles. The molecule has 1 amide bonds. The van der Waals surface area contributed by atoms with E-state index >= 15 is 0 Å². The first-order valence-electron chi connectivity index (χ1n) is 7.50. The Morgan fingerprint density at radius 1 is 1.43 bits per heavy atom. The Labute approximate surface area is 139 Å². The van der Waals surface area contributed by atoms with E-state index in [4.69, 9.17) is 4.74 Å². The van der Waals surface area contributed by atoms with Crippen LogP contribution in [0.4, 0.5) is 4.39 Å². The molecule has 1 aliphatic heterocycles. The topological polar surface area (TPSA) is 51.1 Å². The summed E-state index contributed by atoms with van der Waals surface area (Å²) in [5.74, 6) is 0.212. The quantitative estimate of drug-likeness (QED) is 0.792. The number of likely N-dealkylation sites (N-methyl/N-ethyl adjacent to an activating group) is 1. The minimum absolute atomic E-state index is 0.0161. The van der Waals surface area contributed by atoms with E-state index in [9.17, 15) is 14.0 Å². The first-order chi connectivity index (χ1) is 10.9. The number of carbonyl (C=O) groups is 2. The molecule has 7 heteroatoms. The van der Waals surface area contributed by atoms with Crippen LogP contribution in [0.3, 0.4) is 0 Å². The summed E-state index contributed by atoms with van der Waals surface area (Å²) in [4.78, 5) is 26.7. The van der Waals surface area contributed by atoms with Gasteiger partial charge >= 0.3 is 5.97 Å². The maximum absolute atomic E-state index is 13.1. The molecule has 1 aromatic carbocycles. The standard InChI is InChI=1S/C16H21FN2O3S/c1-11(16(21)22-3)18(2)10-14(20)19-8-9-23-15(19)12-4-6-13(17)7-5-12/h4-7,11,15H,8-10H2,1-3H3/p+1/t11-,15-/m1/s1. The summed E-state index contributed by atoms with van der Waals surface area (Å²) < 4.78 is 17.8. The number of amides is 1. The van der Waals surface area contributed by atoms with E-state index in [-0.39, 0.29) is 29.6 Å². The van der Waals surface area contributed by atoms with Crippen LogP contribution in [0.1, 0.15) is 17.9 Å². The van der Waals surface area contributed by atoms with E-state index in [1.54, 1.807) is 42.8 Å². The number of ether oxygens (including phenoxy) is 1. The molecule has 1 aromatic rings. The molecule has 0 aromatic heterocycles. The summed E-state index contributed by atoms with van der Waals surface area (Å²) in [5, 5.41) is -0.0932. The number of hydrogen-bond donors (Lipinski definition) is 1. The van der Waals surface area contributed by atoms with Crippen molar-refractivity contribution >= 4 is 23.6 Å². The summed E-state index contributed by atoms with van der Waals surface area (Å²) in [6.45, 7) is 2.62. The van der Waals surface area contributed by atoms with Crippen molar-refractivity contribution in [3.8, 4) is 0 Å². The first-order valence-corrected chi connectivity index (χ1v) is 8.55. The van der Waals surface area contributed by atoms with Crippen LogP contribution in [0.15, 0.2) is 24.3 Å². The molecule has 0 saturated carbocycles. The summed E-state index contributed by atoms with van der Waals surface area (Å²) in [6, 6.07) is 5.85. The van der Waals surface area contributed by atoms with Gasteiger partial charge in [0.25, 0.3) is 5.91 Å². The van der Waals surface area contributed by atoms with E-state index in [0.29, 0.717) is 6.54 Å². The monoisotopic (exact) mass is 341 g/mol. The second-order valence-corrected chi connectivity index (χ2v) is 6.82. The Morgan fingerprint density at radius 3 is 2.70 bits per heavy atom. The number of benzene rings is 1. The predicted octanol–water partition coefficient (Wildman–Crippen LogP) is 0.476. The SMILES string of the molecule is COC(=O)[C@@H](C)[NH+](C)CC(=O)N1CCS[C@@H]1c1ccc(F)cc1. The fraction of sp³-hybridized carbons (Fsp3) is 0.500. The zero-order valence-corrected chi connectivity index (χ0v) is 14.4. The van der Waals surface area contributed by atoms with Gasteiger partial charge in [0.1, 0.15) is 11.2 Å². The molecule has 0 aliphatic carbocycles. The average Bonchev–Trinajstić information content (AvgIpc) is 3.03. The first kappa shape index (κ1) is 17.7. The van der Waals surface area contributed by atoms with E-state index in [2.05, 4.69) is 0 Å². The van der Waals surface area contributed by atoms with Crippen LogP contribution >= 0.6 is 11.8 Å². The van der Waals surface area contributed by atoms with Crippen LogP contribution < -0.4 is 4.90 Å². The van der Waals surface area contributed by atoms with Crippen molar-refractivity contribution in [1.82, 2.24) is 4.90 Å². The molecule has 23 heavy (non-hydrogen) atoms. The molecular weight excluding hydrogens is 319 g/mol. The van der Waals surface area contributed by atoms with Crippen molar-refractivity contribution in [2.24, 2.45) is 0 Å². The van der Waals surface area contributed by atoms with Gasteiger partial charge in [0, 0.05) is 12.3 Å². The second-order valence-electron chi connectivity index (χ2n) is 5.63. The molecule has 5 nitrogen and oxygen atoms in total. The Kier molecular flexibility index (Phi) is 6.01. The molecule has 0 radical (unpaired) electrons. The van der Waals surface area contributed by atoms with Gasteiger partial charge in [0.15, 0.2) is 12.6 Å². The zero-order valence-electron chi connectivity index (χ0n) is 13.5. The van der Waals surface area contributed by atoms with Crippen molar-refractivity contribution in [2.75, 3.05) is 33.0 Å². The Bertz CT molecular complexity index is 567. The molecule has 1 unspecified atom stereocenters. The lowest BCUT2D eigenvalue weighted by Gasteiger charge is -2.26. The third-order valence-corrected chi connectivity index (χ3v) is 5.35. The van der Waals surface area contributed by atoms with Crippen molar-refractivity contribution < 1.29 is 23.6 Å². The lowest BCUT2D eigenvalue weighted by Crippen LogP contribution is -3.14. The largest absolute Gasteiger partial charge is 0.465 e. The molecule has 0 bridgehead atoms. The average molecular weight is 341 g/mol. The molecule has 1 aliphatic rings. The predicted molar refractivity (Wildman–Crippen MR) is 86.5 cm³/mol. The van der Waals surface area contributed by atoms with Crippen molar-refractivity contribution in [3.63, 3.8) is 0 Å². The number of hydrogen-bond acceptors (Lipinski definition) is 4. The number of carbonyl (C=O) groups excluding carboxylic acids is 2. The summed E-state index contributed by atoms with van der Waals surface area (Å²) in [7, 11) is 3.14.